The molecule has 0 aliphatic rings. The summed E-state index contributed by atoms with van der Waals surface area (Å²) in [7, 11) is 2.33. The highest BCUT2D eigenvalue weighted by Crippen LogP contribution is 2.25. The summed E-state index contributed by atoms with van der Waals surface area (Å²) in [5.41, 5.74) is -1.53. The van der Waals surface area contributed by atoms with E-state index in [9.17, 15) is 17.6 Å². The van der Waals surface area contributed by atoms with Crippen LogP contribution in [0.5, 0.6) is 0 Å². The van der Waals surface area contributed by atoms with Crippen LogP contribution in [0.4, 0.5) is 17.6 Å². The minimum absolute atomic E-state index is 0.543. The molecule has 0 radical (unpaired) electrons. The third-order valence-electron chi connectivity index (χ3n) is 2.02. The molecule has 0 saturated carbocycles. The molecule has 2 nitrogen and oxygen atoms in total. The fraction of sp³-hybridized carbons (Fsp3) is 0.400. The normalized spacial score (nSPS) is 10.9. The van der Waals surface area contributed by atoms with Gasteiger partial charge in [-0.05, 0) is 0 Å². The lowest BCUT2D eigenvalue weighted by Gasteiger charge is -2.10. The van der Waals surface area contributed by atoms with E-state index in [1.807, 2.05) is 0 Å². The molecule has 1 rings (SSSR count). The Bertz CT molecular complexity index is 327. The third kappa shape index (κ3) is 2.17. The standard InChI is InChI=1S/C10H10F4O2/c1-15-3-5-7(11)9(13)6(4-16-2)10(14)8(5)12/h3-4H2,1-2H3. The summed E-state index contributed by atoms with van der Waals surface area (Å²) in [6.45, 7) is -1.09. The minimum Gasteiger partial charge on any atom is -0.380 e. The molecule has 6 heteroatoms. The Morgan fingerprint density at radius 3 is 1.12 bits per heavy atom. The molecule has 1 aromatic carbocycles. The Kier molecular flexibility index (Phi) is 4.26. The van der Waals surface area contributed by atoms with Gasteiger partial charge in [0.25, 0.3) is 0 Å². The molecule has 1 aromatic rings. The second kappa shape index (κ2) is 5.27. The van der Waals surface area contributed by atoms with Crippen molar-refractivity contribution >= 4 is 0 Å². The molecule has 0 bridgehead atoms. The maximum atomic E-state index is 13.3. The lowest BCUT2D eigenvalue weighted by Crippen LogP contribution is -2.10. The highest BCUT2D eigenvalue weighted by Gasteiger charge is 2.24. The molecule has 0 aliphatic heterocycles. The van der Waals surface area contributed by atoms with Gasteiger partial charge in [0.15, 0.2) is 23.3 Å². The quantitative estimate of drug-likeness (QED) is 0.592. The van der Waals surface area contributed by atoms with E-state index in [1.165, 1.54) is 0 Å². The summed E-state index contributed by atoms with van der Waals surface area (Å²) in [6.07, 6.45) is 0. The van der Waals surface area contributed by atoms with Crippen LogP contribution in [0.25, 0.3) is 0 Å². The molecule has 0 fully saturated rings. The van der Waals surface area contributed by atoms with E-state index in [4.69, 9.17) is 0 Å². The molecule has 90 valence electrons. The third-order valence-corrected chi connectivity index (χ3v) is 2.02. The number of ether oxygens (including phenoxy) is 2. The average molecular weight is 238 g/mol. The fourth-order valence-corrected chi connectivity index (χ4v) is 1.26. The Morgan fingerprint density at radius 1 is 0.688 bits per heavy atom. The van der Waals surface area contributed by atoms with E-state index in [1.54, 1.807) is 0 Å². The summed E-state index contributed by atoms with van der Waals surface area (Å²) in [6, 6.07) is 0. The molecule has 0 N–H and O–H groups in total. The van der Waals surface area contributed by atoms with Crippen LogP contribution in [0.15, 0.2) is 0 Å². The van der Waals surface area contributed by atoms with Crippen molar-refractivity contribution in [3.05, 3.63) is 34.4 Å². The van der Waals surface area contributed by atoms with E-state index in [0.717, 1.165) is 14.2 Å². The van der Waals surface area contributed by atoms with E-state index in [2.05, 4.69) is 9.47 Å². The highest BCUT2D eigenvalue weighted by molar-refractivity contribution is 5.29. The number of methoxy groups -OCH3 is 2. The van der Waals surface area contributed by atoms with Gasteiger partial charge in [-0.25, -0.2) is 17.6 Å². The average Bonchev–Trinajstić information content (AvgIpc) is 2.28. The van der Waals surface area contributed by atoms with Gasteiger partial charge in [-0.1, -0.05) is 0 Å². The zero-order valence-electron chi connectivity index (χ0n) is 8.74. The summed E-state index contributed by atoms with van der Waals surface area (Å²) >= 11 is 0. The predicted molar refractivity (Wildman–Crippen MR) is 47.7 cm³/mol. The van der Waals surface area contributed by atoms with Crippen LogP contribution in [0.3, 0.4) is 0 Å². The smallest absolute Gasteiger partial charge is 0.167 e. The second-order valence-electron chi connectivity index (χ2n) is 3.08. The molecule has 16 heavy (non-hydrogen) atoms. The number of benzene rings is 1. The molecule has 0 heterocycles. The van der Waals surface area contributed by atoms with Crippen molar-refractivity contribution in [2.24, 2.45) is 0 Å². The first-order valence-corrected chi connectivity index (χ1v) is 4.36. The lowest BCUT2D eigenvalue weighted by molar-refractivity contribution is 0.166. The molecule has 0 spiro atoms. The number of hydrogen-bond donors (Lipinski definition) is 0. The highest BCUT2D eigenvalue weighted by atomic mass is 19.2. The Labute approximate surface area is 89.8 Å². The van der Waals surface area contributed by atoms with Crippen molar-refractivity contribution in [2.75, 3.05) is 14.2 Å². The van der Waals surface area contributed by atoms with Crippen LogP contribution in [0.2, 0.25) is 0 Å². The van der Waals surface area contributed by atoms with Crippen LogP contribution >= 0.6 is 0 Å². The van der Waals surface area contributed by atoms with Crippen LogP contribution in [-0.4, -0.2) is 14.2 Å². The fourth-order valence-electron chi connectivity index (χ4n) is 1.26. The summed E-state index contributed by atoms with van der Waals surface area (Å²) in [5, 5.41) is 0. The van der Waals surface area contributed by atoms with Crippen molar-refractivity contribution in [1.82, 2.24) is 0 Å². The maximum Gasteiger partial charge on any atom is 0.167 e. The Hall–Kier alpha value is -1.14. The molecular formula is C10H10F4O2. The van der Waals surface area contributed by atoms with Gasteiger partial charge in [-0.15, -0.1) is 0 Å². The van der Waals surface area contributed by atoms with Gasteiger partial charge >= 0.3 is 0 Å². The number of halogens is 4. The summed E-state index contributed by atoms with van der Waals surface area (Å²) in [4.78, 5) is 0. The van der Waals surface area contributed by atoms with E-state index in [-0.39, 0.29) is 0 Å². The lowest BCUT2D eigenvalue weighted by atomic mass is 10.1. The number of hydrogen-bond acceptors (Lipinski definition) is 2. The maximum absolute atomic E-state index is 13.3. The first-order valence-electron chi connectivity index (χ1n) is 4.36. The van der Waals surface area contributed by atoms with E-state index in [0.29, 0.717) is 0 Å². The molecule has 0 aliphatic carbocycles. The van der Waals surface area contributed by atoms with Crippen LogP contribution < -0.4 is 0 Å². The molecular weight excluding hydrogens is 228 g/mol. The minimum atomic E-state index is -1.45. The van der Waals surface area contributed by atoms with E-state index >= 15 is 0 Å². The summed E-state index contributed by atoms with van der Waals surface area (Å²) < 4.78 is 62.1. The predicted octanol–water partition coefficient (Wildman–Crippen LogP) is 2.54. The largest absolute Gasteiger partial charge is 0.380 e. The van der Waals surface area contributed by atoms with Crippen LogP contribution in [0.1, 0.15) is 11.1 Å². The zero-order chi connectivity index (χ0) is 12.3. The number of rotatable bonds is 4. The van der Waals surface area contributed by atoms with Crippen molar-refractivity contribution < 1.29 is 27.0 Å². The second-order valence-corrected chi connectivity index (χ2v) is 3.08. The molecule has 0 atom stereocenters. The zero-order valence-corrected chi connectivity index (χ0v) is 8.74. The van der Waals surface area contributed by atoms with Crippen LogP contribution in [0, 0.1) is 23.3 Å². The Morgan fingerprint density at radius 2 is 0.938 bits per heavy atom. The Balaban J connectivity index is 3.37. The van der Waals surface area contributed by atoms with Crippen molar-refractivity contribution in [3.63, 3.8) is 0 Å². The summed E-state index contributed by atoms with van der Waals surface area (Å²) in [5.74, 6) is -5.80. The van der Waals surface area contributed by atoms with Gasteiger partial charge in [0.2, 0.25) is 0 Å². The van der Waals surface area contributed by atoms with Crippen LogP contribution in [-0.2, 0) is 22.7 Å². The van der Waals surface area contributed by atoms with Crippen molar-refractivity contribution in [2.45, 2.75) is 13.2 Å². The van der Waals surface area contributed by atoms with Gasteiger partial charge in [0.05, 0.1) is 24.3 Å². The van der Waals surface area contributed by atoms with Gasteiger partial charge in [-0.2, -0.15) is 0 Å². The first kappa shape index (κ1) is 12.9. The van der Waals surface area contributed by atoms with Gasteiger partial charge in [0.1, 0.15) is 0 Å². The molecule has 0 amide bonds. The molecule has 0 unspecified atom stereocenters. The SMILES string of the molecule is COCc1c(F)c(F)c(COC)c(F)c1F. The van der Waals surface area contributed by atoms with Gasteiger partial charge < -0.3 is 9.47 Å². The molecule has 0 aromatic heterocycles. The van der Waals surface area contributed by atoms with Gasteiger partial charge in [-0.3, -0.25) is 0 Å². The van der Waals surface area contributed by atoms with E-state index < -0.39 is 47.6 Å². The monoisotopic (exact) mass is 238 g/mol. The van der Waals surface area contributed by atoms with Gasteiger partial charge in [0, 0.05) is 14.2 Å². The topological polar surface area (TPSA) is 18.5 Å². The molecule has 0 saturated heterocycles. The van der Waals surface area contributed by atoms with Crippen molar-refractivity contribution in [1.29, 1.82) is 0 Å². The first-order chi connectivity index (χ1) is 7.54. The van der Waals surface area contributed by atoms with Crippen molar-refractivity contribution in [3.8, 4) is 0 Å².